The van der Waals surface area contributed by atoms with Crippen LogP contribution in [0.15, 0.2) is 88.6 Å². The summed E-state index contributed by atoms with van der Waals surface area (Å²) in [5.41, 5.74) is 5.24. The first-order valence-corrected chi connectivity index (χ1v) is 9.44. The molecule has 0 radical (unpaired) electrons. The van der Waals surface area contributed by atoms with Gasteiger partial charge in [0.05, 0.1) is 22.4 Å². The number of benzene rings is 2. The number of nitro groups is 1. The van der Waals surface area contributed by atoms with E-state index in [4.69, 9.17) is 4.42 Å². The van der Waals surface area contributed by atoms with Gasteiger partial charge in [0, 0.05) is 30.1 Å². The van der Waals surface area contributed by atoms with Crippen molar-refractivity contribution in [2.24, 2.45) is 5.10 Å². The number of hydrogen-bond acceptors (Lipinski definition) is 5. The fourth-order valence-corrected chi connectivity index (χ4v) is 3.21. The molecular weight excluding hydrogens is 396 g/mol. The van der Waals surface area contributed by atoms with Crippen LogP contribution in [0.3, 0.4) is 0 Å². The van der Waals surface area contributed by atoms with Gasteiger partial charge in [0.2, 0.25) is 0 Å². The van der Waals surface area contributed by atoms with Crippen LogP contribution in [-0.2, 0) is 0 Å². The summed E-state index contributed by atoms with van der Waals surface area (Å²) in [5, 5.41) is 14.9. The number of aromatic nitrogens is 1. The van der Waals surface area contributed by atoms with E-state index in [1.54, 1.807) is 37.3 Å². The Hall–Kier alpha value is -4.46. The number of nitrogens with one attached hydrogen (secondary N) is 1. The lowest BCUT2D eigenvalue weighted by Gasteiger charge is -2.08. The van der Waals surface area contributed by atoms with Crippen molar-refractivity contribution in [2.75, 3.05) is 0 Å². The fourth-order valence-electron chi connectivity index (χ4n) is 3.21. The molecule has 2 aromatic carbocycles. The van der Waals surface area contributed by atoms with Crippen molar-refractivity contribution < 1.29 is 14.1 Å². The highest BCUT2D eigenvalue weighted by atomic mass is 16.6. The maximum absolute atomic E-state index is 12.6. The fraction of sp³-hybridized carbons (Fsp3) is 0.0435. The molecular formula is C23H18N4O4. The summed E-state index contributed by atoms with van der Waals surface area (Å²) in [4.78, 5) is 23.0. The summed E-state index contributed by atoms with van der Waals surface area (Å²) in [6.07, 6.45) is 5.13. The average molecular weight is 414 g/mol. The van der Waals surface area contributed by atoms with E-state index in [-0.39, 0.29) is 11.6 Å². The average Bonchev–Trinajstić information content (AvgIpc) is 3.46. The largest absolute Gasteiger partial charge is 0.455 e. The number of nitrogens with zero attached hydrogens (tertiary/aromatic N) is 3. The minimum atomic E-state index is -0.436. The van der Waals surface area contributed by atoms with E-state index in [0.29, 0.717) is 17.1 Å². The summed E-state index contributed by atoms with van der Waals surface area (Å²) in [7, 11) is 0. The number of furan rings is 1. The molecule has 8 nitrogen and oxygen atoms in total. The molecule has 4 aromatic rings. The van der Waals surface area contributed by atoms with Crippen LogP contribution in [-0.4, -0.2) is 21.6 Å². The maximum atomic E-state index is 12.6. The van der Waals surface area contributed by atoms with Gasteiger partial charge in [-0.25, -0.2) is 5.43 Å². The number of carbonyl (C=O) groups excluding carboxylic acids is 1. The van der Waals surface area contributed by atoms with E-state index in [1.165, 1.54) is 18.3 Å². The topological polar surface area (TPSA) is 103 Å². The van der Waals surface area contributed by atoms with Gasteiger partial charge in [0.15, 0.2) is 0 Å². The molecule has 0 atom stereocenters. The van der Waals surface area contributed by atoms with Gasteiger partial charge in [-0.15, -0.1) is 0 Å². The number of amides is 1. The van der Waals surface area contributed by atoms with Crippen LogP contribution < -0.4 is 5.43 Å². The molecule has 0 saturated heterocycles. The second-order valence-electron chi connectivity index (χ2n) is 6.76. The van der Waals surface area contributed by atoms with Crippen molar-refractivity contribution in [2.45, 2.75) is 6.92 Å². The van der Waals surface area contributed by atoms with Crippen molar-refractivity contribution in [3.8, 4) is 17.0 Å². The molecule has 0 unspecified atom stereocenters. The highest BCUT2D eigenvalue weighted by Crippen LogP contribution is 2.28. The molecule has 0 aliphatic heterocycles. The number of aryl methyl sites for hydroxylation is 1. The minimum Gasteiger partial charge on any atom is -0.455 e. The number of carbonyl (C=O) groups is 1. The molecule has 1 amide bonds. The maximum Gasteiger partial charge on any atom is 0.273 e. The van der Waals surface area contributed by atoms with Crippen molar-refractivity contribution in [3.63, 3.8) is 0 Å². The lowest BCUT2D eigenvalue weighted by Crippen LogP contribution is -2.19. The number of non-ortho nitro benzene ring substituents is 1. The Morgan fingerprint density at radius 1 is 1.10 bits per heavy atom. The number of hydrogen-bond donors (Lipinski definition) is 1. The van der Waals surface area contributed by atoms with Gasteiger partial charge in [0.1, 0.15) is 11.5 Å². The first-order chi connectivity index (χ1) is 15.0. The zero-order chi connectivity index (χ0) is 21.8. The van der Waals surface area contributed by atoms with Crippen molar-refractivity contribution in [1.82, 2.24) is 9.99 Å². The van der Waals surface area contributed by atoms with Crippen molar-refractivity contribution >= 4 is 17.8 Å². The monoisotopic (exact) mass is 414 g/mol. The van der Waals surface area contributed by atoms with Crippen molar-refractivity contribution in [3.05, 3.63) is 106 Å². The Labute approximate surface area is 177 Å². The molecule has 0 fully saturated rings. The molecule has 0 bridgehead atoms. The summed E-state index contributed by atoms with van der Waals surface area (Å²) in [6.45, 7) is 1.78. The Bertz CT molecular complexity index is 1270. The van der Waals surface area contributed by atoms with Crippen molar-refractivity contribution in [1.29, 1.82) is 0 Å². The Kier molecular flexibility index (Phi) is 5.44. The SMILES string of the molecule is Cc1cc([N+](=O)[O-])ccc1-c1ccc(/C=N/NC(=O)c2ccccc2-n2cccc2)o1. The Balaban J connectivity index is 1.47. The third-order valence-electron chi connectivity index (χ3n) is 4.70. The lowest BCUT2D eigenvalue weighted by atomic mass is 10.1. The summed E-state index contributed by atoms with van der Waals surface area (Å²) in [5.74, 6) is 0.642. The minimum absolute atomic E-state index is 0.0255. The van der Waals surface area contributed by atoms with Crippen LogP contribution in [0.4, 0.5) is 5.69 Å². The van der Waals surface area contributed by atoms with Gasteiger partial charge in [-0.1, -0.05) is 12.1 Å². The zero-order valence-electron chi connectivity index (χ0n) is 16.6. The third kappa shape index (κ3) is 4.27. The van der Waals surface area contributed by atoms with Gasteiger partial charge >= 0.3 is 0 Å². The van der Waals surface area contributed by atoms with Crippen LogP contribution in [0.25, 0.3) is 17.0 Å². The summed E-state index contributed by atoms with van der Waals surface area (Å²) in [6, 6.07) is 19.0. The second kappa shape index (κ2) is 8.50. The van der Waals surface area contributed by atoms with Gasteiger partial charge in [-0.2, -0.15) is 5.10 Å². The molecule has 1 N–H and O–H groups in total. The predicted octanol–water partition coefficient (Wildman–Crippen LogP) is 4.72. The highest BCUT2D eigenvalue weighted by molar-refractivity contribution is 5.98. The number of rotatable bonds is 6. The predicted molar refractivity (Wildman–Crippen MR) is 116 cm³/mol. The molecule has 0 saturated carbocycles. The Morgan fingerprint density at radius 3 is 2.61 bits per heavy atom. The molecule has 154 valence electrons. The van der Waals surface area contributed by atoms with E-state index < -0.39 is 4.92 Å². The van der Waals surface area contributed by atoms with Gasteiger partial charge in [-0.05, 0) is 55.0 Å². The lowest BCUT2D eigenvalue weighted by molar-refractivity contribution is -0.384. The normalized spacial score (nSPS) is 11.0. The molecule has 0 spiro atoms. The van der Waals surface area contributed by atoms with Crippen LogP contribution >= 0.6 is 0 Å². The molecule has 31 heavy (non-hydrogen) atoms. The molecule has 0 aliphatic rings. The summed E-state index contributed by atoms with van der Waals surface area (Å²) >= 11 is 0. The molecule has 8 heteroatoms. The number of nitro benzene ring substituents is 1. The number of hydrazone groups is 1. The zero-order valence-corrected chi connectivity index (χ0v) is 16.6. The molecule has 4 rings (SSSR count). The Morgan fingerprint density at radius 2 is 1.87 bits per heavy atom. The summed E-state index contributed by atoms with van der Waals surface area (Å²) < 4.78 is 7.60. The van der Waals surface area contributed by atoms with Gasteiger partial charge < -0.3 is 8.98 Å². The second-order valence-corrected chi connectivity index (χ2v) is 6.76. The van der Waals surface area contributed by atoms with Crippen LogP contribution in [0, 0.1) is 17.0 Å². The van der Waals surface area contributed by atoms with Gasteiger partial charge in [-0.3, -0.25) is 14.9 Å². The first-order valence-electron chi connectivity index (χ1n) is 9.44. The van der Waals surface area contributed by atoms with Crippen LogP contribution in [0.2, 0.25) is 0 Å². The van der Waals surface area contributed by atoms with E-state index in [9.17, 15) is 14.9 Å². The van der Waals surface area contributed by atoms with Crippen LogP contribution in [0.1, 0.15) is 21.7 Å². The number of para-hydroxylation sites is 1. The molecule has 2 heterocycles. The van der Waals surface area contributed by atoms with E-state index in [2.05, 4.69) is 10.5 Å². The first kappa shape index (κ1) is 19.8. The quantitative estimate of drug-likeness (QED) is 0.280. The smallest absolute Gasteiger partial charge is 0.273 e. The standard InChI is InChI=1S/C23H18N4O4/c1-16-14-17(27(29)30)8-10-19(16)22-11-9-18(31-22)15-24-25-23(28)20-6-2-3-7-21(20)26-12-4-5-13-26/h2-15H,1H3,(H,25,28)/b24-15+. The third-order valence-corrected chi connectivity index (χ3v) is 4.70. The van der Waals surface area contributed by atoms with E-state index >= 15 is 0 Å². The van der Waals surface area contributed by atoms with E-state index in [0.717, 1.165) is 16.8 Å². The van der Waals surface area contributed by atoms with Crippen LogP contribution in [0.5, 0.6) is 0 Å². The molecule has 2 aromatic heterocycles. The molecule has 0 aliphatic carbocycles. The van der Waals surface area contributed by atoms with E-state index in [1.807, 2.05) is 41.2 Å². The highest BCUT2D eigenvalue weighted by Gasteiger charge is 2.13. The van der Waals surface area contributed by atoms with Gasteiger partial charge in [0.25, 0.3) is 11.6 Å².